The van der Waals surface area contributed by atoms with Gasteiger partial charge in [-0.05, 0) is 33.3 Å². The summed E-state index contributed by atoms with van der Waals surface area (Å²) in [5.74, 6) is 0. The minimum absolute atomic E-state index is 1.01. The number of nitrogens with zero attached hydrogens (tertiary/aromatic N) is 1. The van der Waals surface area contributed by atoms with Crippen molar-refractivity contribution in [3.63, 3.8) is 0 Å². The Balaban J connectivity index is 4.31. The predicted octanol–water partition coefficient (Wildman–Crippen LogP) is 2.95. The molecule has 0 unspecified atom stereocenters. The fourth-order valence-corrected chi connectivity index (χ4v) is 0.425. The second-order valence-corrected chi connectivity index (χ2v) is 2.41. The molecule has 0 fully saturated rings. The molecule has 1 heteroatoms. The topological polar surface area (TPSA) is 12.4 Å². The first-order valence-electron chi connectivity index (χ1n) is 3.42. The molecule has 0 aromatic rings. The summed E-state index contributed by atoms with van der Waals surface area (Å²) in [6.07, 6.45) is 1.98. The molecule has 0 aliphatic carbocycles. The third-order valence-electron chi connectivity index (χ3n) is 1.38. The molecule has 0 aromatic carbocycles. The normalized spacial score (nSPS) is 13.6. The van der Waals surface area contributed by atoms with Gasteiger partial charge in [0.25, 0.3) is 0 Å². The van der Waals surface area contributed by atoms with E-state index < -0.39 is 0 Å². The minimum atomic E-state index is 1.01. The summed E-state index contributed by atoms with van der Waals surface area (Å²) in [6.45, 7) is 11.7. The first kappa shape index (κ1) is 9.15. The van der Waals surface area contributed by atoms with Crippen molar-refractivity contribution in [3.05, 3.63) is 23.9 Å². The number of hydrogen-bond acceptors (Lipinski definition) is 1. The molecular weight excluding hydrogens is 122 g/mol. The summed E-state index contributed by atoms with van der Waals surface area (Å²) >= 11 is 0. The van der Waals surface area contributed by atoms with Crippen LogP contribution in [-0.4, -0.2) is 5.71 Å². The summed E-state index contributed by atoms with van der Waals surface area (Å²) in [7, 11) is 0. The maximum Gasteiger partial charge on any atom is 0.0398 e. The van der Waals surface area contributed by atoms with Crippen LogP contribution >= 0.6 is 0 Å². The molecule has 0 aliphatic rings. The number of aliphatic imine (C=N–C) groups is 1. The molecule has 0 heterocycles. The molecule has 0 atom stereocenters. The third kappa shape index (κ3) is 3.23. The SMILES string of the molecule is C=C(C)C(C)=N/C(C)=C/C. The Morgan fingerprint density at radius 2 is 1.80 bits per heavy atom. The Bertz CT molecular complexity index is 185. The van der Waals surface area contributed by atoms with E-state index in [-0.39, 0.29) is 0 Å². The lowest BCUT2D eigenvalue weighted by atomic mass is 10.2. The number of rotatable bonds is 2. The number of hydrogen-bond donors (Lipinski definition) is 0. The van der Waals surface area contributed by atoms with Crippen molar-refractivity contribution in [3.8, 4) is 0 Å². The highest BCUT2D eigenvalue weighted by Crippen LogP contribution is 1.99. The van der Waals surface area contributed by atoms with Crippen LogP contribution < -0.4 is 0 Å². The lowest BCUT2D eigenvalue weighted by molar-refractivity contribution is 1.27. The van der Waals surface area contributed by atoms with E-state index in [0.717, 1.165) is 17.0 Å². The van der Waals surface area contributed by atoms with Gasteiger partial charge in [0.2, 0.25) is 0 Å². The fraction of sp³-hybridized carbons (Fsp3) is 0.444. The van der Waals surface area contributed by atoms with E-state index in [1.54, 1.807) is 0 Å². The van der Waals surface area contributed by atoms with Crippen molar-refractivity contribution in [2.45, 2.75) is 27.7 Å². The lowest BCUT2D eigenvalue weighted by Crippen LogP contribution is -1.90. The van der Waals surface area contributed by atoms with Gasteiger partial charge in [-0.3, -0.25) is 4.99 Å². The van der Waals surface area contributed by atoms with E-state index in [0.29, 0.717) is 0 Å². The smallest absolute Gasteiger partial charge is 0.0398 e. The molecule has 0 spiro atoms. The van der Waals surface area contributed by atoms with Gasteiger partial charge in [-0.1, -0.05) is 12.7 Å². The summed E-state index contributed by atoms with van der Waals surface area (Å²) < 4.78 is 0. The summed E-state index contributed by atoms with van der Waals surface area (Å²) in [6, 6.07) is 0. The zero-order valence-corrected chi connectivity index (χ0v) is 7.23. The summed E-state index contributed by atoms with van der Waals surface area (Å²) in [5, 5.41) is 0. The van der Waals surface area contributed by atoms with Crippen molar-refractivity contribution in [1.82, 2.24) is 0 Å². The van der Waals surface area contributed by atoms with Crippen LogP contribution in [0.2, 0.25) is 0 Å². The van der Waals surface area contributed by atoms with Crippen LogP contribution in [0.5, 0.6) is 0 Å². The monoisotopic (exact) mass is 137 g/mol. The molecule has 10 heavy (non-hydrogen) atoms. The summed E-state index contributed by atoms with van der Waals surface area (Å²) in [4.78, 5) is 4.27. The quantitative estimate of drug-likeness (QED) is 0.519. The average molecular weight is 137 g/mol. The van der Waals surface area contributed by atoms with Gasteiger partial charge in [0.05, 0.1) is 0 Å². The first-order valence-corrected chi connectivity index (χ1v) is 3.42. The predicted molar refractivity (Wildman–Crippen MR) is 47.4 cm³/mol. The van der Waals surface area contributed by atoms with Crippen LogP contribution in [0.25, 0.3) is 0 Å². The van der Waals surface area contributed by atoms with Crippen LogP contribution in [0.3, 0.4) is 0 Å². The molecule has 0 bridgehead atoms. The van der Waals surface area contributed by atoms with E-state index in [1.807, 2.05) is 33.8 Å². The number of allylic oxidation sites excluding steroid dienone is 3. The fourth-order valence-electron chi connectivity index (χ4n) is 0.425. The highest BCUT2D eigenvalue weighted by Gasteiger charge is 1.89. The van der Waals surface area contributed by atoms with Crippen molar-refractivity contribution >= 4 is 5.71 Å². The Kier molecular flexibility index (Phi) is 3.70. The molecule has 0 rings (SSSR count). The van der Waals surface area contributed by atoms with Gasteiger partial charge in [-0.15, -0.1) is 0 Å². The second-order valence-electron chi connectivity index (χ2n) is 2.41. The molecule has 0 amide bonds. The van der Waals surface area contributed by atoms with Crippen LogP contribution in [0, 0.1) is 0 Å². The largest absolute Gasteiger partial charge is 0.259 e. The molecule has 0 saturated heterocycles. The third-order valence-corrected chi connectivity index (χ3v) is 1.38. The van der Waals surface area contributed by atoms with Crippen LogP contribution in [0.15, 0.2) is 28.9 Å². The minimum Gasteiger partial charge on any atom is -0.259 e. The zero-order valence-electron chi connectivity index (χ0n) is 7.23. The van der Waals surface area contributed by atoms with Gasteiger partial charge >= 0.3 is 0 Å². The molecule has 0 N–H and O–H groups in total. The molecule has 1 nitrogen and oxygen atoms in total. The van der Waals surface area contributed by atoms with E-state index in [2.05, 4.69) is 11.6 Å². The molecule has 0 saturated carbocycles. The molecular formula is C9H15N. The van der Waals surface area contributed by atoms with Crippen LogP contribution in [-0.2, 0) is 0 Å². The second kappa shape index (κ2) is 4.04. The van der Waals surface area contributed by atoms with Crippen molar-refractivity contribution in [2.75, 3.05) is 0 Å². The Labute approximate surface area is 63.2 Å². The highest BCUT2D eigenvalue weighted by atomic mass is 14.7. The van der Waals surface area contributed by atoms with Crippen LogP contribution in [0.4, 0.5) is 0 Å². The Morgan fingerprint density at radius 1 is 1.30 bits per heavy atom. The molecule has 0 aromatic heterocycles. The van der Waals surface area contributed by atoms with E-state index >= 15 is 0 Å². The standard InChI is InChI=1S/C9H15N/c1-6-8(4)10-9(5)7(2)3/h6H,2H2,1,3-5H3/b8-6+,10-9?. The van der Waals surface area contributed by atoms with Crippen molar-refractivity contribution < 1.29 is 0 Å². The van der Waals surface area contributed by atoms with E-state index in [9.17, 15) is 0 Å². The Hall–Kier alpha value is -0.850. The van der Waals surface area contributed by atoms with Gasteiger partial charge in [0.15, 0.2) is 0 Å². The molecule has 56 valence electrons. The first-order chi connectivity index (χ1) is 4.57. The van der Waals surface area contributed by atoms with Gasteiger partial charge in [-0.25, -0.2) is 0 Å². The summed E-state index contributed by atoms with van der Waals surface area (Å²) in [5.41, 5.74) is 3.08. The Morgan fingerprint density at radius 3 is 2.10 bits per heavy atom. The van der Waals surface area contributed by atoms with Gasteiger partial charge < -0.3 is 0 Å². The maximum absolute atomic E-state index is 4.27. The lowest BCUT2D eigenvalue weighted by Gasteiger charge is -1.96. The van der Waals surface area contributed by atoms with Crippen molar-refractivity contribution in [2.24, 2.45) is 4.99 Å². The van der Waals surface area contributed by atoms with Gasteiger partial charge in [0.1, 0.15) is 0 Å². The highest BCUT2D eigenvalue weighted by molar-refractivity contribution is 5.97. The van der Waals surface area contributed by atoms with Crippen LogP contribution in [0.1, 0.15) is 27.7 Å². The molecule has 0 aliphatic heterocycles. The van der Waals surface area contributed by atoms with Gasteiger partial charge in [0, 0.05) is 11.4 Å². The van der Waals surface area contributed by atoms with E-state index in [4.69, 9.17) is 0 Å². The molecule has 0 radical (unpaired) electrons. The average Bonchev–Trinajstić information content (AvgIpc) is 1.87. The zero-order chi connectivity index (χ0) is 8.15. The van der Waals surface area contributed by atoms with E-state index in [1.165, 1.54) is 0 Å². The van der Waals surface area contributed by atoms with Crippen molar-refractivity contribution in [1.29, 1.82) is 0 Å². The maximum atomic E-state index is 4.27. The van der Waals surface area contributed by atoms with Gasteiger partial charge in [-0.2, -0.15) is 0 Å².